The second kappa shape index (κ2) is 4.93. The summed E-state index contributed by atoms with van der Waals surface area (Å²) in [5, 5.41) is 3.54. The van der Waals surface area contributed by atoms with Gasteiger partial charge in [0.15, 0.2) is 0 Å². The average Bonchev–Trinajstić information content (AvgIpc) is 2.77. The fourth-order valence-electron chi connectivity index (χ4n) is 3.61. The minimum atomic E-state index is 0.671. The Labute approximate surface area is 110 Å². The molecule has 2 nitrogen and oxygen atoms in total. The van der Waals surface area contributed by atoms with E-state index in [1.54, 1.807) is 0 Å². The number of likely N-dealkylation sites (tertiary alicyclic amines) is 1. The first-order valence-electron chi connectivity index (χ1n) is 7.34. The molecule has 0 aromatic heterocycles. The summed E-state index contributed by atoms with van der Waals surface area (Å²) < 4.78 is 0. The summed E-state index contributed by atoms with van der Waals surface area (Å²) in [5.74, 6) is 0.671. The molecular weight excluding hydrogens is 220 g/mol. The van der Waals surface area contributed by atoms with Crippen molar-refractivity contribution in [3.8, 4) is 0 Å². The van der Waals surface area contributed by atoms with E-state index in [4.69, 9.17) is 0 Å². The molecule has 1 saturated heterocycles. The maximum Gasteiger partial charge on any atom is 0.0376 e. The van der Waals surface area contributed by atoms with Gasteiger partial charge in [0.25, 0.3) is 0 Å². The van der Waals surface area contributed by atoms with Crippen molar-refractivity contribution >= 4 is 5.69 Å². The Bertz CT molecular complexity index is 405. The molecule has 3 atom stereocenters. The fraction of sp³-hybridized carbons (Fsp3) is 0.625. The molecule has 18 heavy (non-hydrogen) atoms. The number of nitrogens with zero attached hydrogens (tertiary/aromatic N) is 1. The normalized spacial score (nSPS) is 32.0. The summed E-state index contributed by atoms with van der Waals surface area (Å²) in [7, 11) is 0. The van der Waals surface area contributed by atoms with Crippen molar-refractivity contribution in [2.45, 2.75) is 51.1 Å². The van der Waals surface area contributed by atoms with Gasteiger partial charge in [0.05, 0.1) is 0 Å². The molecule has 2 heterocycles. The Balaban J connectivity index is 1.74. The predicted octanol–water partition coefficient (Wildman–Crippen LogP) is 3.46. The van der Waals surface area contributed by atoms with Crippen molar-refractivity contribution in [1.82, 2.24) is 4.90 Å². The average molecular weight is 244 g/mol. The molecule has 0 saturated carbocycles. The zero-order valence-corrected chi connectivity index (χ0v) is 11.5. The number of hydrogen-bond donors (Lipinski definition) is 1. The second-order valence-corrected chi connectivity index (χ2v) is 5.99. The maximum atomic E-state index is 3.54. The number of nitrogens with one attached hydrogen (secondary N) is 1. The second-order valence-electron chi connectivity index (χ2n) is 5.99. The van der Waals surface area contributed by atoms with Gasteiger partial charge in [-0.15, -0.1) is 0 Å². The number of rotatable bonds is 2. The molecule has 0 radical (unpaired) electrons. The molecule has 1 fully saturated rings. The summed E-state index contributed by atoms with van der Waals surface area (Å²) >= 11 is 0. The van der Waals surface area contributed by atoms with Crippen LogP contribution in [-0.2, 0) is 0 Å². The van der Waals surface area contributed by atoms with Crippen molar-refractivity contribution in [3.63, 3.8) is 0 Å². The van der Waals surface area contributed by atoms with Crippen LogP contribution in [0, 0.1) is 0 Å². The summed E-state index contributed by atoms with van der Waals surface area (Å²) in [6.45, 7) is 7.11. The van der Waals surface area contributed by atoms with E-state index in [2.05, 4.69) is 48.3 Å². The van der Waals surface area contributed by atoms with Crippen LogP contribution in [0.3, 0.4) is 0 Å². The first kappa shape index (κ1) is 12.0. The lowest BCUT2D eigenvalue weighted by Crippen LogP contribution is -2.45. The quantitative estimate of drug-likeness (QED) is 0.857. The summed E-state index contributed by atoms with van der Waals surface area (Å²) in [5.41, 5.74) is 2.86. The molecule has 0 spiro atoms. The van der Waals surface area contributed by atoms with Gasteiger partial charge in [0, 0.05) is 36.8 Å². The maximum absolute atomic E-state index is 3.54. The van der Waals surface area contributed by atoms with E-state index >= 15 is 0 Å². The lowest BCUT2D eigenvalue weighted by atomic mass is 9.93. The lowest BCUT2D eigenvalue weighted by molar-refractivity contribution is 0.0976. The van der Waals surface area contributed by atoms with Gasteiger partial charge in [-0.1, -0.05) is 24.6 Å². The van der Waals surface area contributed by atoms with Crippen LogP contribution in [-0.4, -0.2) is 30.1 Å². The summed E-state index contributed by atoms with van der Waals surface area (Å²) in [6, 6.07) is 10.3. The van der Waals surface area contributed by atoms with Gasteiger partial charge in [-0.3, -0.25) is 4.90 Å². The summed E-state index contributed by atoms with van der Waals surface area (Å²) in [6.07, 6.45) is 4.14. The van der Waals surface area contributed by atoms with Gasteiger partial charge in [0.1, 0.15) is 0 Å². The highest BCUT2D eigenvalue weighted by atomic mass is 15.2. The zero-order chi connectivity index (χ0) is 12.5. The Kier molecular flexibility index (Phi) is 3.29. The molecule has 98 valence electrons. The molecule has 1 N–H and O–H groups in total. The van der Waals surface area contributed by atoms with E-state index in [0.717, 1.165) is 18.6 Å². The third-order valence-electron chi connectivity index (χ3n) is 4.75. The van der Waals surface area contributed by atoms with Crippen LogP contribution in [0.2, 0.25) is 0 Å². The Hall–Kier alpha value is -1.02. The molecule has 3 rings (SSSR count). The van der Waals surface area contributed by atoms with E-state index in [1.165, 1.54) is 37.1 Å². The molecule has 0 bridgehead atoms. The minimum Gasteiger partial charge on any atom is -0.384 e. The van der Waals surface area contributed by atoms with Crippen molar-refractivity contribution in [1.29, 1.82) is 0 Å². The van der Waals surface area contributed by atoms with Crippen LogP contribution < -0.4 is 5.32 Å². The first-order valence-corrected chi connectivity index (χ1v) is 7.34. The Morgan fingerprint density at radius 1 is 1.17 bits per heavy atom. The highest BCUT2D eigenvalue weighted by Crippen LogP contribution is 2.34. The Morgan fingerprint density at radius 3 is 2.67 bits per heavy atom. The van der Waals surface area contributed by atoms with Crippen molar-refractivity contribution in [3.05, 3.63) is 29.8 Å². The summed E-state index contributed by atoms with van der Waals surface area (Å²) in [4.78, 5) is 2.72. The van der Waals surface area contributed by atoms with Crippen LogP contribution in [0.1, 0.15) is 44.6 Å². The number of para-hydroxylation sites is 1. The van der Waals surface area contributed by atoms with Crippen molar-refractivity contribution in [2.24, 2.45) is 0 Å². The molecule has 2 heteroatoms. The van der Waals surface area contributed by atoms with Crippen LogP contribution in [0.4, 0.5) is 5.69 Å². The topological polar surface area (TPSA) is 15.3 Å². The van der Waals surface area contributed by atoms with Gasteiger partial charge in [-0.2, -0.15) is 0 Å². The highest BCUT2D eigenvalue weighted by Gasteiger charge is 2.30. The SMILES string of the molecule is CC1CCCC(C)N1CC1CNc2ccccc21. The number of hydrogen-bond acceptors (Lipinski definition) is 2. The van der Waals surface area contributed by atoms with Gasteiger partial charge < -0.3 is 5.32 Å². The number of anilines is 1. The standard InChI is InChI=1S/C16H24N2/c1-12-6-5-7-13(2)18(12)11-14-10-17-16-9-4-3-8-15(14)16/h3-4,8-9,12-14,17H,5-7,10-11H2,1-2H3. The van der Waals surface area contributed by atoms with Crippen LogP contribution in [0.5, 0.6) is 0 Å². The van der Waals surface area contributed by atoms with Gasteiger partial charge in [-0.05, 0) is 38.3 Å². The molecule has 0 aliphatic carbocycles. The third kappa shape index (κ3) is 2.14. The minimum absolute atomic E-state index is 0.671. The van der Waals surface area contributed by atoms with Gasteiger partial charge >= 0.3 is 0 Å². The van der Waals surface area contributed by atoms with Crippen molar-refractivity contribution < 1.29 is 0 Å². The number of piperidine rings is 1. The first-order chi connectivity index (χ1) is 8.75. The number of fused-ring (bicyclic) bond motifs is 1. The monoisotopic (exact) mass is 244 g/mol. The predicted molar refractivity (Wildman–Crippen MR) is 77.2 cm³/mol. The van der Waals surface area contributed by atoms with E-state index in [0.29, 0.717) is 5.92 Å². The van der Waals surface area contributed by atoms with Crippen LogP contribution >= 0.6 is 0 Å². The molecule has 0 amide bonds. The van der Waals surface area contributed by atoms with E-state index in [-0.39, 0.29) is 0 Å². The van der Waals surface area contributed by atoms with Crippen LogP contribution in [0.15, 0.2) is 24.3 Å². The highest BCUT2D eigenvalue weighted by molar-refractivity contribution is 5.57. The smallest absolute Gasteiger partial charge is 0.0376 e. The molecule has 2 aliphatic rings. The van der Waals surface area contributed by atoms with Crippen molar-refractivity contribution in [2.75, 3.05) is 18.4 Å². The van der Waals surface area contributed by atoms with Gasteiger partial charge in [0.2, 0.25) is 0 Å². The third-order valence-corrected chi connectivity index (χ3v) is 4.75. The molecule has 1 aromatic carbocycles. The van der Waals surface area contributed by atoms with Gasteiger partial charge in [-0.25, -0.2) is 0 Å². The number of benzene rings is 1. The zero-order valence-electron chi connectivity index (χ0n) is 11.5. The fourth-order valence-corrected chi connectivity index (χ4v) is 3.61. The Morgan fingerprint density at radius 2 is 1.89 bits per heavy atom. The van der Waals surface area contributed by atoms with Crippen LogP contribution in [0.25, 0.3) is 0 Å². The lowest BCUT2D eigenvalue weighted by Gasteiger charge is -2.40. The molecular formula is C16H24N2. The molecule has 2 aliphatic heterocycles. The van der Waals surface area contributed by atoms with E-state index in [1.807, 2.05) is 0 Å². The molecule has 1 aromatic rings. The molecule has 3 unspecified atom stereocenters. The van der Waals surface area contributed by atoms with E-state index < -0.39 is 0 Å². The van der Waals surface area contributed by atoms with E-state index in [9.17, 15) is 0 Å². The largest absolute Gasteiger partial charge is 0.384 e.